The van der Waals surface area contributed by atoms with Crippen LogP contribution in [0, 0.1) is 13.8 Å². The number of hydrogen-bond acceptors (Lipinski definition) is 8. The number of aromatic nitrogens is 4. The molecule has 11 heteroatoms. The van der Waals surface area contributed by atoms with Gasteiger partial charge in [-0.1, -0.05) is 23.7 Å². The van der Waals surface area contributed by atoms with Crippen molar-refractivity contribution in [2.45, 2.75) is 13.8 Å². The summed E-state index contributed by atoms with van der Waals surface area (Å²) in [5.74, 6) is 1.66. The SMILES string of the molecule is CNC(=O)c1ccc(-c2cc(OC)c(Nc3nc(N)c(Cl)c(Nc4cc(C)[nH]n4)n3)cc2C)cc1. The van der Waals surface area contributed by atoms with E-state index >= 15 is 0 Å². The van der Waals surface area contributed by atoms with Crippen LogP contribution in [0.15, 0.2) is 42.5 Å². The largest absolute Gasteiger partial charge is 0.495 e. The van der Waals surface area contributed by atoms with Crippen LogP contribution in [0.25, 0.3) is 11.1 Å². The van der Waals surface area contributed by atoms with E-state index in [2.05, 4.69) is 36.1 Å². The van der Waals surface area contributed by atoms with E-state index in [0.717, 1.165) is 22.4 Å². The van der Waals surface area contributed by atoms with Crippen LogP contribution in [0.4, 0.5) is 29.1 Å². The topological polar surface area (TPSA) is 143 Å². The van der Waals surface area contributed by atoms with Crippen molar-refractivity contribution in [1.29, 1.82) is 0 Å². The number of ether oxygens (including phenoxy) is 1. The van der Waals surface area contributed by atoms with Crippen molar-refractivity contribution < 1.29 is 9.53 Å². The number of H-pyrrole nitrogens is 1. The van der Waals surface area contributed by atoms with Gasteiger partial charge in [-0.2, -0.15) is 15.1 Å². The molecule has 0 saturated carbocycles. The Morgan fingerprint density at radius 3 is 2.46 bits per heavy atom. The van der Waals surface area contributed by atoms with Crippen molar-refractivity contribution in [3.8, 4) is 16.9 Å². The number of nitrogens with one attached hydrogen (secondary N) is 4. The van der Waals surface area contributed by atoms with Gasteiger partial charge in [0.2, 0.25) is 5.95 Å². The number of halogens is 1. The van der Waals surface area contributed by atoms with Gasteiger partial charge in [-0.05, 0) is 54.8 Å². The summed E-state index contributed by atoms with van der Waals surface area (Å²) in [6.07, 6.45) is 0. The lowest BCUT2D eigenvalue weighted by Gasteiger charge is -2.16. The molecule has 0 spiro atoms. The molecule has 35 heavy (non-hydrogen) atoms. The van der Waals surface area contributed by atoms with E-state index in [9.17, 15) is 4.79 Å². The highest BCUT2D eigenvalue weighted by Gasteiger charge is 2.16. The van der Waals surface area contributed by atoms with Crippen LogP contribution in [0.1, 0.15) is 21.6 Å². The molecule has 0 unspecified atom stereocenters. The molecule has 0 aliphatic heterocycles. The summed E-state index contributed by atoms with van der Waals surface area (Å²) >= 11 is 6.31. The first-order valence-corrected chi connectivity index (χ1v) is 11.1. The first kappa shape index (κ1) is 23.8. The van der Waals surface area contributed by atoms with E-state index in [0.29, 0.717) is 28.6 Å². The summed E-state index contributed by atoms with van der Waals surface area (Å²) in [7, 11) is 3.18. The third kappa shape index (κ3) is 5.12. The minimum atomic E-state index is -0.135. The second kappa shape index (κ2) is 9.90. The number of carbonyl (C=O) groups is 1. The van der Waals surface area contributed by atoms with Crippen molar-refractivity contribution in [3.63, 3.8) is 0 Å². The molecular weight excluding hydrogens is 468 g/mol. The number of anilines is 5. The van der Waals surface area contributed by atoms with E-state index in [1.807, 2.05) is 44.2 Å². The number of hydrogen-bond donors (Lipinski definition) is 5. The zero-order chi connectivity index (χ0) is 25.1. The van der Waals surface area contributed by atoms with Crippen molar-refractivity contribution in [2.24, 2.45) is 0 Å². The Balaban J connectivity index is 1.64. The molecule has 2 heterocycles. The molecule has 2 aromatic carbocycles. The number of aryl methyl sites for hydroxylation is 2. The number of aromatic amines is 1. The number of carbonyl (C=O) groups excluding carboxylic acids is 1. The lowest BCUT2D eigenvalue weighted by atomic mass is 9.98. The van der Waals surface area contributed by atoms with Crippen LogP contribution in [-0.4, -0.2) is 40.2 Å². The number of methoxy groups -OCH3 is 1. The molecule has 6 N–H and O–H groups in total. The summed E-state index contributed by atoms with van der Waals surface area (Å²) in [6, 6.07) is 13.0. The fourth-order valence-corrected chi connectivity index (χ4v) is 3.67. The third-order valence-electron chi connectivity index (χ3n) is 5.31. The van der Waals surface area contributed by atoms with Gasteiger partial charge >= 0.3 is 0 Å². The maximum atomic E-state index is 11.8. The van der Waals surface area contributed by atoms with E-state index in [1.165, 1.54) is 0 Å². The number of nitrogens with zero attached hydrogens (tertiary/aromatic N) is 3. The zero-order valence-electron chi connectivity index (χ0n) is 19.7. The van der Waals surface area contributed by atoms with E-state index in [-0.39, 0.29) is 22.7 Å². The molecule has 0 radical (unpaired) electrons. The molecule has 4 aromatic rings. The third-order valence-corrected chi connectivity index (χ3v) is 5.68. The second-order valence-corrected chi connectivity index (χ2v) is 8.18. The van der Waals surface area contributed by atoms with Gasteiger partial charge in [0, 0.05) is 24.4 Å². The molecule has 1 amide bonds. The molecule has 180 valence electrons. The predicted molar refractivity (Wildman–Crippen MR) is 138 cm³/mol. The maximum absolute atomic E-state index is 11.8. The van der Waals surface area contributed by atoms with Crippen molar-refractivity contribution in [1.82, 2.24) is 25.5 Å². The Labute approximate surface area is 207 Å². The summed E-state index contributed by atoms with van der Waals surface area (Å²) in [6.45, 7) is 3.87. The summed E-state index contributed by atoms with van der Waals surface area (Å²) in [5.41, 5.74) is 11.0. The van der Waals surface area contributed by atoms with Crippen LogP contribution in [0.2, 0.25) is 5.02 Å². The molecule has 0 fully saturated rings. The quantitative estimate of drug-likeness (QED) is 0.252. The lowest BCUT2D eigenvalue weighted by Crippen LogP contribution is -2.17. The highest BCUT2D eigenvalue weighted by atomic mass is 35.5. The van der Waals surface area contributed by atoms with Crippen LogP contribution >= 0.6 is 11.6 Å². The first-order chi connectivity index (χ1) is 16.8. The van der Waals surface area contributed by atoms with Gasteiger partial charge in [0.05, 0.1) is 12.8 Å². The molecule has 4 rings (SSSR count). The average Bonchev–Trinajstić information content (AvgIpc) is 3.26. The minimum Gasteiger partial charge on any atom is -0.495 e. The van der Waals surface area contributed by atoms with Crippen molar-refractivity contribution >= 4 is 46.6 Å². The van der Waals surface area contributed by atoms with Crippen molar-refractivity contribution in [2.75, 3.05) is 30.5 Å². The number of nitrogen functional groups attached to an aromatic ring is 1. The summed E-state index contributed by atoms with van der Waals surface area (Å²) in [5, 5.41) is 16.0. The van der Waals surface area contributed by atoms with Crippen LogP contribution in [0.3, 0.4) is 0 Å². The highest BCUT2D eigenvalue weighted by molar-refractivity contribution is 6.35. The first-order valence-electron chi connectivity index (χ1n) is 10.7. The fraction of sp³-hybridized carbons (Fsp3) is 0.167. The number of rotatable bonds is 7. The lowest BCUT2D eigenvalue weighted by molar-refractivity contribution is 0.0963. The zero-order valence-corrected chi connectivity index (χ0v) is 20.4. The van der Waals surface area contributed by atoms with Crippen LogP contribution in [0.5, 0.6) is 5.75 Å². The van der Waals surface area contributed by atoms with Crippen molar-refractivity contribution in [3.05, 3.63) is 64.3 Å². The maximum Gasteiger partial charge on any atom is 0.251 e. The normalized spacial score (nSPS) is 10.7. The van der Waals surface area contributed by atoms with Crippen LogP contribution in [-0.2, 0) is 0 Å². The van der Waals surface area contributed by atoms with Gasteiger partial charge in [0.15, 0.2) is 11.6 Å². The van der Waals surface area contributed by atoms with E-state index < -0.39 is 0 Å². The van der Waals surface area contributed by atoms with Gasteiger partial charge in [-0.15, -0.1) is 0 Å². The number of amides is 1. The van der Waals surface area contributed by atoms with Gasteiger partial charge < -0.3 is 26.4 Å². The van der Waals surface area contributed by atoms with Crippen LogP contribution < -0.4 is 26.4 Å². The standard InChI is InChI=1S/C24H25ClN8O2/c1-12-9-17(18(35-4)11-16(12)14-5-7-15(8-6-14)23(34)27-3)28-24-30-21(26)20(25)22(31-24)29-19-10-13(2)32-33-19/h5-11H,1-4H3,(H,27,34)(H5,26,28,29,30,31,32,33). The fourth-order valence-electron chi connectivity index (χ4n) is 3.54. The Morgan fingerprint density at radius 2 is 1.83 bits per heavy atom. The molecule has 0 aliphatic carbocycles. The average molecular weight is 493 g/mol. The second-order valence-electron chi connectivity index (χ2n) is 7.81. The van der Waals surface area contributed by atoms with Gasteiger partial charge in [-0.25, -0.2) is 0 Å². The summed E-state index contributed by atoms with van der Waals surface area (Å²) < 4.78 is 5.63. The summed E-state index contributed by atoms with van der Waals surface area (Å²) in [4.78, 5) is 20.6. The minimum absolute atomic E-state index is 0.113. The molecule has 0 aliphatic rings. The molecule has 0 atom stereocenters. The molecule has 0 saturated heterocycles. The Hall–Kier alpha value is -4.31. The predicted octanol–water partition coefficient (Wildman–Crippen LogP) is 4.57. The molecule has 0 bridgehead atoms. The Morgan fingerprint density at radius 1 is 1.09 bits per heavy atom. The molecule has 10 nitrogen and oxygen atoms in total. The monoisotopic (exact) mass is 492 g/mol. The molecular formula is C24H25ClN8O2. The van der Waals surface area contributed by atoms with E-state index in [1.54, 1.807) is 26.3 Å². The van der Waals surface area contributed by atoms with Gasteiger partial charge in [0.1, 0.15) is 16.6 Å². The number of benzene rings is 2. The van der Waals surface area contributed by atoms with E-state index in [4.69, 9.17) is 22.1 Å². The van der Waals surface area contributed by atoms with Gasteiger partial charge in [0.25, 0.3) is 5.91 Å². The number of nitrogens with two attached hydrogens (primary N) is 1. The van der Waals surface area contributed by atoms with Gasteiger partial charge in [-0.3, -0.25) is 9.89 Å². The Bertz CT molecular complexity index is 1390. The smallest absolute Gasteiger partial charge is 0.251 e. The molecule has 2 aromatic heterocycles. The Kier molecular flexibility index (Phi) is 6.74. The highest BCUT2D eigenvalue weighted by Crippen LogP contribution is 2.36.